The highest BCUT2D eigenvalue weighted by molar-refractivity contribution is 7.91. The van der Waals surface area contributed by atoms with Crippen molar-refractivity contribution in [3.8, 4) is 0 Å². The molecule has 0 amide bonds. The standard InChI is InChI=1S/C11H23NO3S/c1-9(2)11(4,13)8-12-5-6-16(14,15)7-10(12)3/h9-10,13H,5-8H2,1-4H3. The third kappa shape index (κ3) is 3.43. The largest absolute Gasteiger partial charge is 0.389 e. The predicted octanol–water partition coefficient (Wildman–Crippen LogP) is 0.512. The summed E-state index contributed by atoms with van der Waals surface area (Å²) in [7, 11) is -2.86. The number of hydrogen-bond donors (Lipinski definition) is 1. The van der Waals surface area contributed by atoms with Crippen LogP contribution in [0.25, 0.3) is 0 Å². The van der Waals surface area contributed by atoms with Crippen LogP contribution in [0.15, 0.2) is 0 Å². The molecule has 1 aliphatic rings. The van der Waals surface area contributed by atoms with Gasteiger partial charge in [-0.05, 0) is 19.8 Å². The molecule has 0 aromatic heterocycles. The normalized spacial score (nSPS) is 30.2. The lowest BCUT2D eigenvalue weighted by molar-refractivity contribution is -0.0251. The summed E-state index contributed by atoms with van der Waals surface area (Å²) in [5, 5.41) is 10.2. The monoisotopic (exact) mass is 249 g/mol. The average molecular weight is 249 g/mol. The van der Waals surface area contributed by atoms with Crippen molar-refractivity contribution in [1.29, 1.82) is 0 Å². The van der Waals surface area contributed by atoms with E-state index in [4.69, 9.17) is 0 Å². The molecule has 1 fully saturated rings. The predicted molar refractivity (Wildman–Crippen MR) is 65.2 cm³/mol. The number of hydrogen-bond acceptors (Lipinski definition) is 4. The number of β-amino-alcohol motifs (C(OH)–C–C–N with tert-alkyl or cyclic N) is 1. The van der Waals surface area contributed by atoms with Gasteiger partial charge >= 0.3 is 0 Å². The fraction of sp³-hybridized carbons (Fsp3) is 1.00. The first-order valence-corrected chi connectivity index (χ1v) is 7.63. The lowest BCUT2D eigenvalue weighted by atomic mass is 9.91. The summed E-state index contributed by atoms with van der Waals surface area (Å²) < 4.78 is 22.8. The van der Waals surface area contributed by atoms with E-state index in [0.717, 1.165) is 0 Å². The number of sulfone groups is 1. The zero-order chi connectivity index (χ0) is 12.6. The summed E-state index contributed by atoms with van der Waals surface area (Å²) in [6.07, 6.45) is 0. The van der Waals surface area contributed by atoms with Crippen LogP contribution < -0.4 is 0 Å². The summed E-state index contributed by atoms with van der Waals surface area (Å²) in [4.78, 5) is 2.07. The van der Waals surface area contributed by atoms with Crippen molar-refractivity contribution in [3.05, 3.63) is 0 Å². The van der Waals surface area contributed by atoms with E-state index in [-0.39, 0.29) is 23.5 Å². The Kier molecular flexibility index (Phi) is 4.03. The van der Waals surface area contributed by atoms with Crippen molar-refractivity contribution >= 4 is 9.84 Å². The van der Waals surface area contributed by atoms with Crippen molar-refractivity contribution in [2.45, 2.75) is 39.3 Å². The van der Waals surface area contributed by atoms with Crippen LogP contribution in [0.5, 0.6) is 0 Å². The lowest BCUT2D eigenvalue weighted by Gasteiger charge is -2.39. The molecule has 0 aromatic rings. The minimum Gasteiger partial charge on any atom is -0.389 e. The Morgan fingerprint density at radius 1 is 1.50 bits per heavy atom. The zero-order valence-corrected chi connectivity index (χ0v) is 11.4. The molecule has 4 nitrogen and oxygen atoms in total. The van der Waals surface area contributed by atoms with Gasteiger partial charge in [-0.1, -0.05) is 13.8 Å². The molecule has 1 N–H and O–H groups in total. The van der Waals surface area contributed by atoms with Crippen molar-refractivity contribution < 1.29 is 13.5 Å². The first-order chi connectivity index (χ1) is 7.14. The van der Waals surface area contributed by atoms with Crippen LogP contribution in [-0.4, -0.2) is 54.7 Å². The van der Waals surface area contributed by atoms with Crippen molar-refractivity contribution in [3.63, 3.8) is 0 Å². The Morgan fingerprint density at radius 3 is 2.50 bits per heavy atom. The molecule has 2 atom stereocenters. The van der Waals surface area contributed by atoms with Gasteiger partial charge in [0.25, 0.3) is 0 Å². The molecule has 0 bridgehead atoms. The van der Waals surface area contributed by atoms with Gasteiger partial charge in [0.2, 0.25) is 0 Å². The molecular weight excluding hydrogens is 226 g/mol. The molecule has 1 heterocycles. The molecular formula is C11H23NO3S. The maximum absolute atomic E-state index is 11.4. The van der Waals surface area contributed by atoms with E-state index in [1.165, 1.54) is 0 Å². The molecule has 1 saturated heterocycles. The molecule has 5 heteroatoms. The second-order valence-corrected chi connectivity index (χ2v) is 7.67. The number of nitrogens with zero attached hydrogens (tertiary/aromatic N) is 1. The van der Waals surface area contributed by atoms with Gasteiger partial charge in [-0.25, -0.2) is 8.42 Å². The quantitative estimate of drug-likeness (QED) is 0.792. The molecule has 0 aromatic carbocycles. The van der Waals surface area contributed by atoms with Crippen molar-refractivity contribution in [1.82, 2.24) is 4.90 Å². The van der Waals surface area contributed by atoms with E-state index in [1.807, 2.05) is 27.7 Å². The first-order valence-electron chi connectivity index (χ1n) is 5.81. The first kappa shape index (κ1) is 13.9. The van der Waals surface area contributed by atoms with Crippen LogP contribution >= 0.6 is 0 Å². The third-order valence-corrected chi connectivity index (χ3v) is 5.37. The van der Waals surface area contributed by atoms with Gasteiger partial charge in [-0.2, -0.15) is 0 Å². The second kappa shape index (κ2) is 4.63. The van der Waals surface area contributed by atoms with Crippen LogP contribution in [0.2, 0.25) is 0 Å². The topological polar surface area (TPSA) is 57.6 Å². The molecule has 96 valence electrons. The zero-order valence-electron chi connectivity index (χ0n) is 10.6. The van der Waals surface area contributed by atoms with Gasteiger partial charge in [-0.3, -0.25) is 4.90 Å². The van der Waals surface area contributed by atoms with Crippen LogP contribution in [-0.2, 0) is 9.84 Å². The van der Waals surface area contributed by atoms with Crippen molar-refractivity contribution in [2.75, 3.05) is 24.6 Å². The van der Waals surface area contributed by atoms with E-state index in [2.05, 4.69) is 4.90 Å². The van der Waals surface area contributed by atoms with E-state index in [1.54, 1.807) is 0 Å². The summed E-state index contributed by atoms with van der Waals surface area (Å²) >= 11 is 0. The van der Waals surface area contributed by atoms with Gasteiger partial charge in [0.05, 0.1) is 17.1 Å². The summed E-state index contributed by atoms with van der Waals surface area (Å²) in [5.74, 6) is 0.588. The minimum atomic E-state index is -2.86. The SMILES string of the molecule is CC1CS(=O)(=O)CCN1CC(C)(O)C(C)C. The fourth-order valence-corrected chi connectivity index (χ4v) is 3.49. The number of aliphatic hydroxyl groups is 1. The molecule has 1 aliphatic heterocycles. The Labute approximate surface area is 98.6 Å². The Bertz CT molecular complexity index is 335. The Morgan fingerprint density at radius 2 is 2.06 bits per heavy atom. The van der Waals surface area contributed by atoms with Gasteiger partial charge in [0, 0.05) is 19.1 Å². The molecule has 16 heavy (non-hydrogen) atoms. The van der Waals surface area contributed by atoms with Gasteiger partial charge in [0.15, 0.2) is 9.84 Å². The van der Waals surface area contributed by atoms with E-state index < -0.39 is 15.4 Å². The number of rotatable bonds is 3. The highest BCUT2D eigenvalue weighted by atomic mass is 32.2. The molecule has 2 unspecified atom stereocenters. The van der Waals surface area contributed by atoms with Gasteiger partial charge < -0.3 is 5.11 Å². The maximum atomic E-state index is 11.4. The molecule has 0 aliphatic carbocycles. The fourth-order valence-electron chi connectivity index (χ4n) is 1.86. The highest BCUT2D eigenvalue weighted by Gasteiger charge is 2.34. The maximum Gasteiger partial charge on any atom is 0.153 e. The van der Waals surface area contributed by atoms with Crippen molar-refractivity contribution in [2.24, 2.45) is 5.92 Å². The van der Waals surface area contributed by atoms with Crippen LogP contribution in [0.1, 0.15) is 27.7 Å². The Hall–Kier alpha value is -0.130. The minimum absolute atomic E-state index is 0.00368. The average Bonchev–Trinajstić information content (AvgIpc) is 2.09. The summed E-state index contributed by atoms with van der Waals surface area (Å²) in [5.41, 5.74) is -0.755. The van der Waals surface area contributed by atoms with Gasteiger partial charge in [0.1, 0.15) is 0 Å². The smallest absolute Gasteiger partial charge is 0.153 e. The van der Waals surface area contributed by atoms with E-state index in [9.17, 15) is 13.5 Å². The third-order valence-electron chi connectivity index (χ3n) is 3.57. The molecule has 0 radical (unpaired) electrons. The van der Waals surface area contributed by atoms with E-state index >= 15 is 0 Å². The summed E-state index contributed by atoms with van der Waals surface area (Å²) in [6.45, 7) is 8.76. The van der Waals surface area contributed by atoms with Crippen LogP contribution in [0.4, 0.5) is 0 Å². The Balaban J connectivity index is 2.64. The van der Waals surface area contributed by atoms with Gasteiger partial charge in [-0.15, -0.1) is 0 Å². The summed E-state index contributed by atoms with van der Waals surface area (Å²) in [6, 6.07) is 0.00368. The van der Waals surface area contributed by atoms with Crippen LogP contribution in [0.3, 0.4) is 0 Å². The highest BCUT2D eigenvalue weighted by Crippen LogP contribution is 2.21. The lowest BCUT2D eigenvalue weighted by Crippen LogP contribution is -2.53. The second-order valence-electron chi connectivity index (χ2n) is 5.45. The molecule has 1 rings (SSSR count). The van der Waals surface area contributed by atoms with Crippen LogP contribution in [0, 0.1) is 5.92 Å². The van der Waals surface area contributed by atoms with E-state index in [0.29, 0.717) is 13.1 Å². The molecule has 0 saturated carbocycles. The molecule has 0 spiro atoms.